The van der Waals surface area contributed by atoms with Crippen LogP contribution in [0.1, 0.15) is 27.2 Å². The molecule has 6 nitrogen and oxygen atoms in total. The highest BCUT2D eigenvalue weighted by Crippen LogP contribution is 2.34. The van der Waals surface area contributed by atoms with Gasteiger partial charge in [-0.1, -0.05) is 0 Å². The summed E-state index contributed by atoms with van der Waals surface area (Å²) in [6.07, 6.45) is -0.0330. The molecule has 2 atom stereocenters. The highest BCUT2D eigenvalue weighted by atomic mass is 16.6. The first-order valence-electron chi connectivity index (χ1n) is 5.69. The van der Waals surface area contributed by atoms with Crippen LogP contribution < -0.4 is 5.32 Å². The lowest BCUT2D eigenvalue weighted by Crippen LogP contribution is -2.58. The Morgan fingerprint density at radius 3 is 2.76 bits per heavy atom. The minimum absolute atomic E-state index is 0.158. The third-order valence-corrected chi connectivity index (χ3v) is 3.06. The minimum atomic E-state index is -0.668. The molecule has 0 spiro atoms. The monoisotopic (exact) mass is 242 g/mol. The zero-order valence-corrected chi connectivity index (χ0v) is 10.3. The van der Waals surface area contributed by atoms with Crippen LogP contribution in [0.3, 0.4) is 0 Å². The molecule has 2 N–H and O–H groups in total. The fraction of sp³-hybridized carbons (Fsp3) is 0.818. The van der Waals surface area contributed by atoms with Crippen LogP contribution in [0.5, 0.6) is 0 Å². The second kappa shape index (κ2) is 3.60. The molecular formula is C11H18N2O4. The van der Waals surface area contributed by atoms with Crippen molar-refractivity contribution >= 4 is 12.0 Å². The number of aliphatic hydroxyl groups is 1. The molecule has 2 aliphatic rings. The van der Waals surface area contributed by atoms with Crippen molar-refractivity contribution in [1.82, 2.24) is 10.2 Å². The second-order valence-electron chi connectivity index (χ2n) is 5.76. The topological polar surface area (TPSA) is 78.9 Å². The average Bonchev–Trinajstić information content (AvgIpc) is 2.70. The predicted molar refractivity (Wildman–Crippen MR) is 59.3 cm³/mol. The number of amides is 2. The summed E-state index contributed by atoms with van der Waals surface area (Å²) >= 11 is 0. The number of aliphatic hydroxyl groups excluding tert-OH is 1. The summed E-state index contributed by atoms with van der Waals surface area (Å²) in [7, 11) is 0. The van der Waals surface area contributed by atoms with Crippen LogP contribution >= 0.6 is 0 Å². The molecule has 2 amide bonds. The van der Waals surface area contributed by atoms with Gasteiger partial charge in [0.05, 0.1) is 18.7 Å². The zero-order valence-electron chi connectivity index (χ0n) is 10.3. The Morgan fingerprint density at radius 1 is 1.65 bits per heavy atom. The van der Waals surface area contributed by atoms with Gasteiger partial charge in [0.2, 0.25) is 5.91 Å². The fourth-order valence-corrected chi connectivity index (χ4v) is 2.32. The summed E-state index contributed by atoms with van der Waals surface area (Å²) in [5.74, 6) is -0.212. The van der Waals surface area contributed by atoms with Crippen molar-refractivity contribution in [3.63, 3.8) is 0 Å². The molecule has 0 radical (unpaired) electrons. The molecule has 6 heteroatoms. The Bertz CT molecular complexity index is 363. The van der Waals surface area contributed by atoms with E-state index in [2.05, 4.69) is 5.32 Å². The summed E-state index contributed by atoms with van der Waals surface area (Å²) in [5, 5.41) is 12.0. The number of nitrogens with one attached hydrogen (secondary N) is 1. The standard InChI is InChI=1S/C11H18N2O4/c1-10(2,3)17-9(16)13-5-11(6-14)4-7(13)8(15)12-11/h7,14H,4-6H2,1-3H3,(H,12,15). The molecule has 2 fully saturated rings. The van der Waals surface area contributed by atoms with Crippen molar-refractivity contribution < 1.29 is 19.4 Å². The molecule has 0 saturated carbocycles. The van der Waals surface area contributed by atoms with E-state index in [1.807, 2.05) is 0 Å². The number of carbonyl (C=O) groups excluding carboxylic acids is 2. The first-order chi connectivity index (χ1) is 7.76. The second-order valence-corrected chi connectivity index (χ2v) is 5.76. The van der Waals surface area contributed by atoms with Crippen molar-refractivity contribution in [3.8, 4) is 0 Å². The number of carbonyl (C=O) groups is 2. The van der Waals surface area contributed by atoms with E-state index >= 15 is 0 Å². The van der Waals surface area contributed by atoms with E-state index in [1.54, 1.807) is 20.8 Å². The molecule has 0 aromatic carbocycles. The molecule has 2 bridgehead atoms. The number of likely N-dealkylation sites (tertiary alicyclic amines) is 1. The van der Waals surface area contributed by atoms with Crippen molar-refractivity contribution in [2.45, 2.75) is 44.4 Å². The minimum Gasteiger partial charge on any atom is -0.444 e. The van der Waals surface area contributed by atoms with Crippen molar-refractivity contribution in [1.29, 1.82) is 0 Å². The van der Waals surface area contributed by atoms with E-state index in [1.165, 1.54) is 4.90 Å². The van der Waals surface area contributed by atoms with Crippen molar-refractivity contribution in [2.75, 3.05) is 13.2 Å². The Kier molecular flexibility index (Phi) is 2.57. The number of ether oxygens (including phenoxy) is 1. The van der Waals surface area contributed by atoms with Gasteiger partial charge in [-0.2, -0.15) is 0 Å². The quantitative estimate of drug-likeness (QED) is 0.670. The largest absolute Gasteiger partial charge is 0.444 e. The van der Waals surface area contributed by atoms with Crippen molar-refractivity contribution in [2.24, 2.45) is 0 Å². The lowest BCUT2D eigenvalue weighted by atomic mass is 10.0. The number of hydrogen-bond acceptors (Lipinski definition) is 4. The van der Waals surface area contributed by atoms with Crippen LogP contribution in [0.25, 0.3) is 0 Å². The van der Waals surface area contributed by atoms with E-state index in [-0.39, 0.29) is 12.5 Å². The summed E-state index contributed by atoms with van der Waals surface area (Å²) in [4.78, 5) is 24.9. The number of hydrogen-bond donors (Lipinski definition) is 2. The Labute approximate surface area is 99.9 Å². The number of piperazine rings is 1. The maximum atomic E-state index is 11.9. The molecule has 2 aliphatic heterocycles. The van der Waals surface area contributed by atoms with Gasteiger partial charge in [-0.3, -0.25) is 9.69 Å². The van der Waals surface area contributed by atoms with Gasteiger partial charge in [-0.05, 0) is 20.8 Å². The van der Waals surface area contributed by atoms with E-state index < -0.39 is 23.3 Å². The molecular weight excluding hydrogens is 224 g/mol. The number of fused-ring (bicyclic) bond motifs is 2. The third-order valence-electron chi connectivity index (χ3n) is 3.06. The molecule has 2 rings (SSSR count). The average molecular weight is 242 g/mol. The maximum Gasteiger partial charge on any atom is 0.411 e. The first-order valence-corrected chi connectivity index (χ1v) is 5.69. The highest BCUT2D eigenvalue weighted by Gasteiger charge is 2.56. The molecule has 2 unspecified atom stereocenters. The van der Waals surface area contributed by atoms with E-state index in [0.29, 0.717) is 13.0 Å². The highest BCUT2D eigenvalue weighted by molar-refractivity contribution is 5.90. The zero-order chi connectivity index (χ0) is 12.8. The van der Waals surface area contributed by atoms with Gasteiger partial charge in [-0.15, -0.1) is 0 Å². The van der Waals surface area contributed by atoms with E-state index in [9.17, 15) is 14.7 Å². The molecule has 2 saturated heterocycles. The van der Waals surface area contributed by atoms with E-state index in [4.69, 9.17) is 4.74 Å². The number of rotatable bonds is 1. The summed E-state index contributed by atoms with van der Waals surface area (Å²) in [6, 6.07) is -0.503. The Morgan fingerprint density at radius 2 is 2.29 bits per heavy atom. The SMILES string of the molecule is CC(C)(C)OC(=O)N1CC2(CO)CC1C(=O)N2. The van der Waals surface area contributed by atoms with Gasteiger partial charge in [0.15, 0.2) is 0 Å². The molecule has 0 aromatic heterocycles. The summed E-state index contributed by atoms with van der Waals surface area (Å²) < 4.78 is 5.24. The lowest BCUT2D eigenvalue weighted by Gasteiger charge is -2.33. The first kappa shape index (κ1) is 12.2. The number of nitrogens with zero attached hydrogens (tertiary/aromatic N) is 1. The molecule has 2 heterocycles. The van der Waals surface area contributed by atoms with Crippen LogP contribution in [-0.4, -0.2) is 52.3 Å². The van der Waals surface area contributed by atoms with Gasteiger partial charge < -0.3 is 15.2 Å². The van der Waals surface area contributed by atoms with Gasteiger partial charge in [0, 0.05) is 6.42 Å². The van der Waals surface area contributed by atoms with Gasteiger partial charge in [-0.25, -0.2) is 4.79 Å². The van der Waals surface area contributed by atoms with Gasteiger partial charge in [0.1, 0.15) is 11.6 Å². The van der Waals surface area contributed by atoms with E-state index in [0.717, 1.165) is 0 Å². The third kappa shape index (κ3) is 2.09. The molecule has 0 aromatic rings. The Hall–Kier alpha value is -1.30. The molecule has 96 valence electrons. The van der Waals surface area contributed by atoms with Crippen LogP contribution in [0.2, 0.25) is 0 Å². The normalized spacial score (nSPS) is 31.6. The van der Waals surface area contributed by atoms with Crippen molar-refractivity contribution in [3.05, 3.63) is 0 Å². The van der Waals surface area contributed by atoms with Crippen LogP contribution in [0.15, 0.2) is 0 Å². The lowest BCUT2D eigenvalue weighted by molar-refractivity contribution is -0.126. The van der Waals surface area contributed by atoms with Crippen LogP contribution in [0.4, 0.5) is 4.79 Å². The van der Waals surface area contributed by atoms with Crippen LogP contribution in [0, 0.1) is 0 Å². The van der Waals surface area contributed by atoms with Gasteiger partial charge in [0.25, 0.3) is 0 Å². The predicted octanol–water partition coefficient (Wildman–Crippen LogP) is -0.143. The summed E-state index contributed by atoms with van der Waals surface area (Å²) in [5.41, 5.74) is -1.25. The Balaban J connectivity index is 2.10. The molecule has 17 heavy (non-hydrogen) atoms. The van der Waals surface area contributed by atoms with Gasteiger partial charge >= 0.3 is 6.09 Å². The maximum absolute atomic E-state index is 11.9. The molecule has 0 aliphatic carbocycles. The summed E-state index contributed by atoms with van der Waals surface area (Å²) in [6.45, 7) is 5.49. The fourth-order valence-electron chi connectivity index (χ4n) is 2.32. The smallest absolute Gasteiger partial charge is 0.411 e. The van der Waals surface area contributed by atoms with Crippen LogP contribution in [-0.2, 0) is 9.53 Å².